The molecule has 0 saturated heterocycles. The van der Waals surface area contributed by atoms with Gasteiger partial charge in [0, 0.05) is 5.38 Å². The molecule has 3 saturated carbocycles. The van der Waals surface area contributed by atoms with Gasteiger partial charge >= 0.3 is 0 Å². The van der Waals surface area contributed by atoms with Crippen molar-refractivity contribution in [1.29, 1.82) is 0 Å². The number of rotatable bonds is 0. The summed E-state index contributed by atoms with van der Waals surface area (Å²) >= 11 is 6.76. The molecule has 3 aliphatic carbocycles. The fourth-order valence-corrected chi connectivity index (χ4v) is 5.27. The molecule has 3 aliphatic rings. The summed E-state index contributed by atoms with van der Waals surface area (Å²) in [6.07, 6.45) is 13.2. The minimum atomic E-state index is 0.536. The van der Waals surface area contributed by atoms with Gasteiger partial charge in [0.2, 0.25) is 0 Å². The van der Waals surface area contributed by atoms with E-state index in [4.69, 9.17) is 11.6 Å². The van der Waals surface area contributed by atoms with E-state index in [-0.39, 0.29) is 0 Å². The van der Waals surface area contributed by atoms with Crippen LogP contribution in [0.1, 0.15) is 57.8 Å². The van der Waals surface area contributed by atoms with Gasteiger partial charge in [-0.25, -0.2) is 0 Å². The number of alkyl halides is 1. The monoisotopic (exact) mass is 226 g/mol. The van der Waals surface area contributed by atoms with E-state index in [0.717, 1.165) is 23.7 Å². The van der Waals surface area contributed by atoms with E-state index in [1.807, 2.05) is 0 Å². The zero-order valence-electron chi connectivity index (χ0n) is 9.63. The summed E-state index contributed by atoms with van der Waals surface area (Å²) in [5, 5.41) is 0.536. The van der Waals surface area contributed by atoms with Crippen molar-refractivity contribution in [3.8, 4) is 0 Å². The minimum absolute atomic E-state index is 0.536. The first-order valence-corrected chi connectivity index (χ1v) is 7.44. The van der Waals surface area contributed by atoms with Crippen LogP contribution in [0.2, 0.25) is 0 Å². The summed E-state index contributed by atoms with van der Waals surface area (Å²) in [4.78, 5) is 0. The van der Waals surface area contributed by atoms with E-state index in [0.29, 0.717) is 5.38 Å². The topological polar surface area (TPSA) is 0 Å². The van der Waals surface area contributed by atoms with Crippen molar-refractivity contribution < 1.29 is 0 Å². The summed E-state index contributed by atoms with van der Waals surface area (Å²) in [5.74, 6) is 3.78. The Labute approximate surface area is 98.8 Å². The van der Waals surface area contributed by atoms with Gasteiger partial charge in [0.15, 0.2) is 0 Å². The molecule has 0 bridgehead atoms. The molecule has 4 unspecified atom stereocenters. The Morgan fingerprint density at radius 1 is 0.667 bits per heavy atom. The maximum atomic E-state index is 6.76. The van der Waals surface area contributed by atoms with E-state index in [2.05, 4.69) is 0 Å². The molecule has 0 spiro atoms. The average Bonchev–Trinajstić information content (AvgIpc) is 2.30. The van der Waals surface area contributed by atoms with Gasteiger partial charge < -0.3 is 0 Å². The summed E-state index contributed by atoms with van der Waals surface area (Å²) in [5.41, 5.74) is 0. The zero-order valence-corrected chi connectivity index (χ0v) is 10.4. The van der Waals surface area contributed by atoms with Crippen molar-refractivity contribution in [1.82, 2.24) is 0 Å². The summed E-state index contributed by atoms with van der Waals surface area (Å²) in [6, 6.07) is 0. The van der Waals surface area contributed by atoms with E-state index >= 15 is 0 Å². The lowest BCUT2D eigenvalue weighted by atomic mass is 9.59. The third-order valence-corrected chi connectivity index (χ3v) is 6.01. The van der Waals surface area contributed by atoms with Crippen LogP contribution >= 0.6 is 11.6 Å². The Morgan fingerprint density at radius 2 is 1.13 bits per heavy atom. The lowest BCUT2D eigenvalue weighted by Crippen LogP contribution is -2.43. The molecule has 0 aromatic rings. The second-order valence-electron chi connectivity index (χ2n) is 6.10. The first-order valence-electron chi connectivity index (χ1n) is 7.00. The highest BCUT2D eigenvalue weighted by molar-refractivity contribution is 6.21. The van der Waals surface area contributed by atoms with Crippen LogP contribution in [0.3, 0.4) is 0 Å². The lowest BCUT2D eigenvalue weighted by Gasteiger charge is -2.49. The van der Waals surface area contributed by atoms with Crippen molar-refractivity contribution in [3.05, 3.63) is 0 Å². The third kappa shape index (κ3) is 1.84. The number of halogens is 1. The van der Waals surface area contributed by atoms with E-state index in [1.54, 1.807) is 0 Å². The Morgan fingerprint density at radius 3 is 1.67 bits per heavy atom. The number of hydrogen-bond donors (Lipinski definition) is 0. The van der Waals surface area contributed by atoms with Crippen LogP contribution < -0.4 is 0 Å². The molecule has 0 nitrogen and oxygen atoms in total. The molecule has 86 valence electrons. The van der Waals surface area contributed by atoms with Gasteiger partial charge in [-0.3, -0.25) is 0 Å². The molecule has 0 amide bonds. The smallest absolute Gasteiger partial charge is 0.0397 e. The molecule has 0 aromatic carbocycles. The maximum absolute atomic E-state index is 6.76. The van der Waals surface area contributed by atoms with Crippen LogP contribution in [0.5, 0.6) is 0 Å². The quantitative estimate of drug-likeness (QED) is 0.529. The third-order valence-electron chi connectivity index (χ3n) is 5.36. The highest BCUT2D eigenvalue weighted by Crippen LogP contribution is 2.51. The molecule has 3 rings (SSSR count). The van der Waals surface area contributed by atoms with Crippen LogP contribution in [-0.2, 0) is 0 Å². The predicted octanol–water partition coefficient (Wildman–Crippen LogP) is 4.61. The first-order chi connectivity index (χ1) is 7.36. The molecule has 4 atom stereocenters. The molecule has 0 heterocycles. The SMILES string of the molecule is ClC1C2CCCCC2CC2CCCCC21. The van der Waals surface area contributed by atoms with Crippen LogP contribution in [-0.4, -0.2) is 5.38 Å². The number of fused-ring (bicyclic) bond motifs is 2. The molecular formula is C14H23Cl. The highest BCUT2D eigenvalue weighted by Gasteiger charge is 2.44. The van der Waals surface area contributed by atoms with Crippen molar-refractivity contribution in [3.63, 3.8) is 0 Å². The largest absolute Gasteiger partial charge is 0.122 e. The van der Waals surface area contributed by atoms with Gasteiger partial charge in [0.1, 0.15) is 0 Å². The van der Waals surface area contributed by atoms with Crippen molar-refractivity contribution >= 4 is 11.6 Å². The Bertz CT molecular complexity index is 203. The molecule has 0 radical (unpaired) electrons. The lowest BCUT2D eigenvalue weighted by molar-refractivity contribution is 0.0570. The van der Waals surface area contributed by atoms with Gasteiger partial charge in [-0.1, -0.05) is 38.5 Å². The van der Waals surface area contributed by atoms with Crippen LogP contribution in [0, 0.1) is 23.7 Å². The molecule has 0 aromatic heterocycles. The van der Waals surface area contributed by atoms with Crippen LogP contribution in [0.4, 0.5) is 0 Å². The Hall–Kier alpha value is 0.290. The zero-order chi connectivity index (χ0) is 10.3. The van der Waals surface area contributed by atoms with Gasteiger partial charge in [-0.15, -0.1) is 11.6 Å². The number of hydrogen-bond acceptors (Lipinski definition) is 0. The van der Waals surface area contributed by atoms with Gasteiger partial charge in [-0.05, 0) is 42.9 Å². The summed E-state index contributed by atoms with van der Waals surface area (Å²) in [7, 11) is 0. The summed E-state index contributed by atoms with van der Waals surface area (Å²) in [6.45, 7) is 0. The second-order valence-corrected chi connectivity index (χ2v) is 6.60. The minimum Gasteiger partial charge on any atom is -0.122 e. The molecule has 1 heteroatoms. The normalized spacial score (nSPS) is 50.6. The fraction of sp³-hybridized carbons (Fsp3) is 1.00. The second kappa shape index (κ2) is 4.28. The average molecular weight is 227 g/mol. The molecule has 0 aliphatic heterocycles. The van der Waals surface area contributed by atoms with E-state index in [1.165, 1.54) is 57.8 Å². The molecule has 0 N–H and O–H groups in total. The Balaban J connectivity index is 1.76. The molecular weight excluding hydrogens is 204 g/mol. The predicted molar refractivity (Wildman–Crippen MR) is 65.2 cm³/mol. The standard InChI is InChI=1S/C14H23Cl/c15-14-12-7-3-1-5-10(12)9-11-6-2-4-8-13(11)14/h10-14H,1-9H2. The van der Waals surface area contributed by atoms with Crippen LogP contribution in [0.15, 0.2) is 0 Å². The van der Waals surface area contributed by atoms with Gasteiger partial charge in [0.05, 0.1) is 0 Å². The summed E-state index contributed by atoms with van der Waals surface area (Å²) < 4.78 is 0. The maximum Gasteiger partial charge on any atom is 0.0397 e. The van der Waals surface area contributed by atoms with Gasteiger partial charge in [0.25, 0.3) is 0 Å². The van der Waals surface area contributed by atoms with Crippen LogP contribution in [0.25, 0.3) is 0 Å². The Kier molecular flexibility index (Phi) is 2.98. The van der Waals surface area contributed by atoms with Gasteiger partial charge in [-0.2, -0.15) is 0 Å². The van der Waals surface area contributed by atoms with E-state index in [9.17, 15) is 0 Å². The van der Waals surface area contributed by atoms with Crippen molar-refractivity contribution in [2.45, 2.75) is 63.2 Å². The fourth-order valence-electron chi connectivity index (χ4n) is 4.60. The van der Waals surface area contributed by atoms with Crippen molar-refractivity contribution in [2.24, 2.45) is 23.7 Å². The highest BCUT2D eigenvalue weighted by atomic mass is 35.5. The molecule has 3 fully saturated rings. The van der Waals surface area contributed by atoms with Crippen molar-refractivity contribution in [2.75, 3.05) is 0 Å². The molecule has 15 heavy (non-hydrogen) atoms. The van der Waals surface area contributed by atoms with E-state index < -0.39 is 0 Å². The first kappa shape index (κ1) is 10.4.